The van der Waals surface area contributed by atoms with Crippen LogP contribution in [0.3, 0.4) is 0 Å². The summed E-state index contributed by atoms with van der Waals surface area (Å²) in [6.07, 6.45) is 13.3. The first-order valence-electron chi connectivity index (χ1n) is 8.47. The van der Waals surface area contributed by atoms with Crippen molar-refractivity contribution in [2.45, 2.75) is 71.1 Å². The number of hydrogen-bond acceptors (Lipinski definition) is 1. The number of aliphatic hydroxyl groups excluding tert-OH is 1. The van der Waals surface area contributed by atoms with E-state index >= 15 is 0 Å². The van der Waals surface area contributed by atoms with Gasteiger partial charge in [0, 0.05) is 6.61 Å². The van der Waals surface area contributed by atoms with Crippen LogP contribution in [0.25, 0.3) is 0 Å². The summed E-state index contributed by atoms with van der Waals surface area (Å²) in [6, 6.07) is 10.8. The molecular formula is C19H32O. The molecule has 0 bridgehead atoms. The second-order valence-electron chi connectivity index (χ2n) is 6.14. The third-order valence-electron chi connectivity index (χ3n) is 4.07. The van der Waals surface area contributed by atoms with E-state index in [1.54, 1.807) is 0 Å². The Hall–Kier alpha value is -0.820. The first-order chi connectivity index (χ1) is 9.83. The number of rotatable bonds is 12. The maximum Gasteiger partial charge on any atom is 0.0456 e. The SMILES string of the molecule is CC(CO)CCCCCCCCCCc1ccccc1. The third-order valence-corrected chi connectivity index (χ3v) is 4.07. The van der Waals surface area contributed by atoms with Gasteiger partial charge >= 0.3 is 0 Å². The molecule has 1 atom stereocenters. The molecule has 0 heterocycles. The zero-order valence-corrected chi connectivity index (χ0v) is 13.2. The van der Waals surface area contributed by atoms with Crippen LogP contribution in [0.15, 0.2) is 30.3 Å². The Balaban J connectivity index is 1.81. The van der Waals surface area contributed by atoms with E-state index in [0.717, 1.165) is 0 Å². The molecule has 1 rings (SSSR count). The molecule has 1 unspecified atom stereocenters. The van der Waals surface area contributed by atoms with Crippen molar-refractivity contribution >= 4 is 0 Å². The molecule has 0 radical (unpaired) electrons. The Bertz CT molecular complexity index is 307. The van der Waals surface area contributed by atoms with Gasteiger partial charge in [0.2, 0.25) is 0 Å². The first-order valence-corrected chi connectivity index (χ1v) is 8.47. The lowest BCUT2D eigenvalue weighted by Crippen LogP contribution is -1.99. The second-order valence-corrected chi connectivity index (χ2v) is 6.14. The largest absolute Gasteiger partial charge is 0.396 e. The van der Waals surface area contributed by atoms with Crippen LogP contribution in [0.1, 0.15) is 70.3 Å². The Kier molecular flexibility index (Phi) is 10.3. The fraction of sp³-hybridized carbons (Fsp3) is 0.684. The number of unbranched alkanes of at least 4 members (excludes halogenated alkanes) is 7. The molecule has 0 aliphatic heterocycles. The van der Waals surface area contributed by atoms with Gasteiger partial charge in [0.15, 0.2) is 0 Å². The molecule has 1 aromatic rings. The van der Waals surface area contributed by atoms with Gasteiger partial charge in [0.05, 0.1) is 0 Å². The molecular weight excluding hydrogens is 244 g/mol. The Morgan fingerprint density at radius 3 is 1.95 bits per heavy atom. The van der Waals surface area contributed by atoms with Crippen LogP contribution in [-0.2, 0) is 6.42 Å². The summed E-state index contributed by atoms with van der Waals surface area (Å²) in [6.45, 7) is 2.48. The smallest absolute Gasteiger partial charge is 0.0456 e. The van der Waals surface area contributed by atoms with Crippen molar-refractivity contribution < 1.29 is 5.11 Å². The standard InChI is InChI=1S/C19H32O/c1-18(17-20)13-9-6-4-2-3-5-7-10-14-19-15-11-8-12-16-19/h8,11-12,15-16,18,20H,2-7,9-10,13-14,17H2,1H3. The van der Waals surface area contributed by atoms with E-state index in [1.165, 1.54) is 69.8 Å². The molecule has 0 aliphatic carbocycles. The minimum absolute atomic E-state index is 0.349. The predicted molar refractivity (Wildman–Crippen MR) is 87.9 cm³/mol. The zero-order valence-electron chi connectivity index (χ0n) is 13.2. The molecule has 1 nitrogen and oxygen atoms in total. The summed E-state index contributed by atoms with van der Waals surface area (Å²) in [5.74, 6) is 0.494. The highest BCUT2D eigenvalue weighted by Gasteiger charge is 1.99. The third kappa shape index (κ3) is 9.14. The highest BCUT2D eigenvalue weighted by Crippen LogP contribution is 2.13. The van der Waals surface area contributed by atoms with Crippen molar-refractivity contribution in [3.05, 3.63) is 35.9 Å². The van der Waals surface area contributed by atoms with Crippen molar-refractivity contribution in [2.75, 3.05) is 6.61 Å². The van der Waals surface area contributed by atoms with E-state index < -0.39 is 0 Å². The zero-order chi connectivity index (χ0) is 14.5. The Morgan fingerprint density at radius 2 is 1.35 bits per heavy atom. The monoisotopic (exact) mass is 276 g/mol. The van der Waals surface area contributed by atoms with Crippen LogP contribution >= 0.6 is 0 Å². The van der Waals surface area contributed by atoms with Crippen LogP contribution in [0.5, 0.6) is 0 Å². The van der Waals surface area contributed by atoms with Crippen molar-refractivity contribution in [2.24, 2.45) is 5.92 Å². The van der Waals surface area contributed by atoms with Gasteiger partial charge in [0.1, 0.15) is 0 Å². The summed E-state index contributed by atoms with van der Waals surface area (Å²) in [7, 11) is 0. The van der Waals surface area contributed by atoms with Gasteiger partial charge in [0.25, 0.3) is 0 Å². The van der Waals surface area contributed by atoms with Crippen molar-refractivity contribution in [3.8, 4) is 0 Å². The van der Waals surface area contributed by atoms with Gasteiger partial charge in [-0.15, -0.1) is 0 Å². The number of aliphatic hydroxyl groups is 1. The van der Waals surface area contributed by atoms with Crippen LogP contribution < -0.4 is 0 Å². The summed E-state index contributed by atoms with van der Waals surface area (Å²) in [5.41, 5.74) is 1.48. The minimum Gasteiger partial charge on any atom is -0.396 e. The first kappa shape index (κ1) is 17.2. The fourth-order valence-electron chi connectivity index (χ4n) is 2.62. The van der Waals surface area contributed by atoms with Gasteiger partial charge in [-0.3, -0.25) is 0 Å². The Labute approximate surface area is 125 Å². The van der Waals surface area contributed by atoms with Gasteiger partial charge in [-0.25, -0.2) is 0 Å². The average molecular weight is 276 g/mol. The summed E-state index contributed by atoms with van der Waals surface area (Å²) < 4.78 is 0. The van der Waals surface area contributed by atoms with Gasteiger partial charge in [-0.2, -0.15) is 0 Å². The quantitative estimate of drug-likeness (QED) is 0.509. The number of hydrogen-bond donors (Lipinski definition) is 1. The molecule has 114 valence electrons. The normalized spacial score (nSPS) is 12.5. The Morgan fingerprint density at radius 1 is 0.800 bits per heavy atom. The molecule has 0 aromatic heterocycles. The van der Waals surface area contributed by atoms with Gasteiger partial charge in [-0.1, -0.05) is 82.2 Å². The molecule has 0 aliphatic rings. The molecule has 20 heavy (non-hydrogen) atoms. The van der Waals surface area contributed by atoms with E-state index in [9.17, 15) is 0 Å². The molecule has 0 spiro atoms. The lowest BCUT2D eigenvalue weighted by molar-refractivity contribution is 0.227. The number of benzene rings is 1. The van der Waals surface area contributed by atoms with E-state index in [2.05, 4.69) is 37.3 Å². The minimum atomic E-state index is 0.349. The van der Waals surface area contributed by atoms with E-state index in [-0.39, 0.29) is 0 Å². The molecule has 0 saturated heterocycles. The van der Waals surface area contributed by atoms with Crippen molar-refractivity contribution in [1.82, 2.24) is 0 Å². The average Bonchev–Trinajstić information content (AvgIpc) is 2.50. The van der Waals surface area contributed by atoms with E-state index in [0.29, 0.717) is 12.5 Å². The lowest BCUT2D eigenvalue weighted by atomic mass is 10.0. The van der Waals surface area contributed by atoms with E-state index in [1.807, 2.05) is 0 Å². The molecule has 0 fully saturated rings. The van der Waals surface area contributed by atoms with Gasteiger partial charge in [-0.05, 0) is 30.7 Å². The maximum absolute atomic E-state index is 8.94. The highest BCUT2D eigenvalue weighted by molar-refractivity contribution is 5.14. The van der Waals surface area contributed by atoms with Crippen LogP contribution in [0.4, 0.5) is 0 Å². The summed E-state index contributed by atoms with van der Waals surface area (Å²) in [4.78, 5) is 0. The van der Waals surface area contributed by atoms with Crippen LogP contribution in [0, 0.1) is 5.92 Å². The van der Waals surface area contributed by atoms with Crippen molar-refractivity contribution in [1.29, 1.82) is 0 Å². The lowest BCUT2D eigenvalue weighted by Gasteiger charge is -2.07. The van der Waals surface area contributed by atoms with Crippen LogP contribution in [-0.4, -0.2) is 11.7 Å². The molecule has 0 amide bonds. The fourth-order valence-corrected chi connectivity index (χ4v) is 2.62. The molecule has 1 aromatic carbocycles. The molecule has 1 N–H and O–H groups in total. The highest BCUT2D eigenvalue weighted by atomic mass is 16.3. The topological polar surface area (TPSA) is 20.2 Å². The summed E-state index contributed by atoms with van der Waals surface area (Å²) in [5, 5.41) is 8.94. The van der Waals surface area contributed by atoms with Gasteiger partial charge < -0.3 is 5.11 Å². The van der Waals surface area contributed by atoms with Crippen LogP contribution in [0.2, 0.25) is 0 Å². The molecule has 0 saturated carbocycles. The van der Waals surface area contributed by atoms with Crippen molar-refractivity contribution in [3.63, 3.8) is 0 Å². The van der Waals surface area contributed by atoms with E-state index in [4.69, 9.17) is 5.11 Å². The summed E-state index contributed by atoms with van der Waals surface area (Å²) >= 11 is 0. The second kappa shape index (κ2) is 12.0. The number of aryl methyl sites for hydroxylation is 1. The molecule has 1 heteroatoms. The predicted octanol–water partition coefficient (Wildman–Crippen LogP) is 5.37. The maximum atomic E-state index is 8.94.